The first-order valence-corrected chi connectivity index (χ1v) is 5.79. The highest BCUT2D eigenvalue weighted by atomic mass is 16.3. The van der Waals surface area contributed by atoms with Gasteiger partial charge in [0.25, 0.3) is 0 Å². The van der Waals surface area contributed by atoms with Crippen molar-refractivity contribution in [1.82, 2.24) is 4.90 Å². The Kier molecular flexibility index (Phi) is 4.50. The summed E-state index contributed by atoms with van der Waals surface area (Å²) in [7, 11) is 1.66. The molecule has 1 amide bonds. The molecule has 0 aromatic heterocycles. The first kappa shape index (κ1) is 14.3. The number of benzene rings is 1. The number of likely N-dealkylation sites (N-methyl/N-ethyl adjacent to an activating group) is 1. The van der Waals surface area contributed by atoms with Crippen molar-refractivity contribution in [2.75, 3.05) is 19.3 Å². The summed E-state index contributed by atoms with van der Waals surface area (Å²) in [5.41, 5.74) is 6.29. The molecule has 1 aromatic carbocycles. The van der Waals surface area contributed by atoms with Crippen LogP contribution in [-0.2, 0) is 4.79 Å². The van der Waals surface area contributed by atoms with E-state index in [0.717, 1.165) is 5.56 Å². The number of hydrogen-bond donors (Lipinski definition) is 2. The fourth-order valence-corrected chi connectivity index (χ4v) is 1.56. The van der Waals surface area contributed by atoms with Gasteiger partial charge in [-0.05, 0) is 37.6 Å². The van der Waals surface area contributed by atoms with Crippen LogP contribution in [0.4, 0.5) is 5.69 Å². The fraction of sp³-hybridized carbons (Fsp3) is 0.357. The number of carbonyl (C=O) groups is 1. The second-order valence-corrected chi connectivity index (χ2v) is 5.01. The number of nitrogens with two attached hydrogens (primary N) is 1. The molecule has 0 heterocycles. The Hall–Kier alpha value is -1.81. The van der Waals surface area contributed by atoms with E-state index >= 15 is 0 Å². The van der Waals surface area contributed by atoms with Crippen molar-refractivity contribution < 1.29 is 9.90 Å². The molecule has 18 heavy (non-hydrogen) atoms. The third-order valence-electron chi connectivity index (χ3n) is 2.36. The minimum Gasteiger partial charge on any atom is -0.399 e. The van der Waals surface area contributed by atoms with E-state index in [1.54, 1.807) is 39.1 Å². The van der Waals surface area contributed by atoms with Crippen molar-refractivity contribution in [3.63, 3.8) is 0 Å². The van der Waals surface area contributed by atoms with Gasteiger partial charge in [-0.25, -0.2) is 0 Å². The van der Waals surface area contributed by atoms with Crippen LogP contribution in [0.3, 0.4) is 0 Å². The highest BCUT2D eigenvalue weighted by Gasteiger charge is 2.17. The van der Waals surface area contributed by atoms with Crippen molar-refractivity contribution in [3.8, 4) is 0 Å². The van der Waals surface area contributed by atoms with Crippen LogP contribution in [0.5, 0.6) is 0 Å². The number of hydrogen-bond acceptors (Lipinski definition) is 3. The summed E-state index contributed by atoms with van der Waals surface area (Å²) in [6.45, 7) is 3.62. The first-order chi connectivity index (χ1) is 8.28. The van der Waals surface area contributed by atoms with Crippen LogP contribution in [0.2, 0.25) is 0 Å². The highest BCUT2D eigenvalue weighted by Crippen LogP contribution is 2.08. The van der Waals surface area contributed by atoms with Gasteiger partial charge in [0, 0.05) is 25.4 Å². The van der Waals surface area contributed by atoms with Gasteiger partial charge in [-0.3, -0.25) is 4.79 Å². The predicted octanol–water partition coefficient (Wildman–Crippen LogP) is 1.51. The van der Waals surface area contributed by atoms with Gasteiger partial charge in [0.1, 0.15) is 0 Å². The van der Waals surface area contributed by atoms with Crippen LogP contribution in [0.25, 0.3) is 6.08 Å². The summed E-state index contributed by atoms with van der Waals surface area (Å²) in [5, 5.41) is 9.62. The monoisotopic (exact) mass is 248 g/mol. The van der Waals surface area contributed by atoms with Gasteiger partial charge in [0.05, 0.1) is 5.60 Å². The second kappa shape index (κ2) is 5.69. The number of nitrogens with zero attached hydrogens (tertiary/aromatic N) is 1. The highest BCUT2D eigenvalue weighted by molar-refractivity contribution is 5.91. The molecule has 0 radical (unpaired) electrons. The fourth-order valence-electron chi connectivity index (χ4n) is 1.56. The van der Waals surface area contributed by atoms with Crippen LogP contribution in [-0.4, -0.2) is 35.1 Å². The van der Waals surface area contributed by atoms with E-state index in [4.69, 9.17) is 5.73 Å². The molecule has 1 aromatic rings. The molecule has 0 bridgehead atoms. The van der Waals surface area contributed by atoms with Gasteiger partial charge in [0.2, 0.25) is 5.91 Å². The lowest BCUT2D eigenvalue weighted by Gasteiger charge is -2.24. The molecule has 98 valence electrons. The molecule has 0 spiro atoms. The molecule has 0 saturated carbocycles. The Labute approximate surface area is 108 Å². The Morgan fingerprint density at radius 1 is 1.39 bits per heavy atom. The summed E-state index contributed by atoms with van der Waals surface area (Å²) < 4.78 is 0. The second-order valence-electron chi connectivity index (χ2n) is 5.01. The summed E-state index contributed by atoms with van der Waals surface area (Å²) in [4.78, 5) is 13.2. The molecule has 4 nitrogen and oxygen atoms in total. The third kappa shape index (κ3) is 5.01. The standard InChI is InChI=1S/C14H20N2O2/c1-14(2,18)10-16(3)13(17)9-6-11-4-7-12(15)8-5-11/h4-9,18H,10,15H2,1-3H3/b9-6+. The van der Waals surface area contributed by atoms with E-state index in [-0.39, 0.29) is 12.5 Å². The van der Waals surface area contributed by atoms with Crippen molar-refractivity contribution in [1.29, 1.82) is 0 Å². The Morgan fingerprint density at radius 3 is 2.44 bits per heavy atom. The molecular formula is C14H20N2O2. The van der Waals surface area contributed by atoms with E-state index in [1.165, 1.54) is 11.0 Å². The van der Waals surface area contributed by atoms with Crippen molar-refractivity contribution in [3.05, 3.63) is 35.9 Å². The maximum atomic E-state index is 11.8. The van der Waals surface area contributed by atoms with Crippen molar-refractivity contribution in [2.45, 2.75) is 19.4 Å². The van der Waals surface area contributed by atoms with E-state index in [0.29, 0.717) is 5.69 Å². The average Bonchev–Trinajstić information content (AvgIpc) is 2.25. The van der Waals surface area contributed by atoms with E-state index in [1.807, 2.05) is 12.1 Å². The van der Waals surface area contributed by atoms with Gasteiger partial charge in [0.15, 0.2) is 0 Å². The van der Waals surface area contributed by atoms with Crippen LogP contribution in [0.15, 0.2) is 30.3 Å². The number of carbonyl (C=O) groups excluding carboxylic acids is 1. The molecular weight excluding hydrogens is 228 g/mol. The van der Waals surface area contributed by atoms with E-state index < -0.39 is 5.60 Å². The Morgan fingerprint density at radius 2 is 1.94 bits per heavy atom. The molecule has 0 atom stereocenters. The zero-order valence-corrected chi connectivity index (χ0v) is 11.1. The minimum atomic E-state index is -0.889. The normalized spacial score (nSPS) is 11.8. The zero-order valence-electron chi connectivity index (χ0n) is 11.1. The molecule has 0 aliphatic heterocycles. The number of rotatable bonds is 4. The summed E-state index contributed by atoms with van der Waals surface area (Å²) in [6.07, 6.45) is 3.21. The number of nitrogen functional groups attached to an aromatic ring is 1. The average molecular weight is 248 g/mol. The minimum absolute atomic E-state index is 0.144. The van der Waals surface area contributed by atoms with Gasteiger partial charge >= 0.3 is 0 Å². The lowest BCUT2D eigenvalue weighted by atomic mass is 10.1. The maximum absolute atomic E-state index is 11.8. The summed E-state index contributed by atoms with van der Waals surface area (Å²) >= 11 is 0. The van der Waals surface area contributed by atoms with Crippen LogP contribution in [0, 0.1) is 0 Å². The zero-order chi connectivity index (χ0) is 13.8. The molecule has 0 aliphatic rings. The third-order valence-corrected chi connectivity index (χ3v) is 2.36. The topological polar surface area (TPSA) is 66.6 Å². The Balaban J connectivity index is 2.61. The van der Waals surface area contributed by atoms with E-state index in [9.17, 15) is 9.90 Å². The van der Waals surface area contributed by atoms with Gasteiger partial charge in [-0.2, -0.15) is 0 Å². The number of aliphatic hydroxyl groups is 1. The molecule has 0 unspecified atom stereocenters. The van der Waals surface area contributed by atoms with Crippen LogP contribution < -0.4 is 5.73 Å². The number of anilines is 1. The molecule has 0 saturated heterocycles. The largest absolute Gasteiger partial charge is 0.399 e. The van der Waals surface area contributed by atoms with Crippen LogP contribution in [0.1, 0.15) is 19.4 Å². The van der Waals surface area contributed by atoms with Gasteiger partial charge in [-0.1, -0.05) is 12.1 Å². The molecule has 3 N–H and O–H groups in total. The quantitative estimate of drug-likeness (QED) is 0.627. The van der Waals surface area contributed by atoms with Crippen LogP contribution >= 0.6 is 0 Å². The van der Waals surface area contributed by atoms with E-state index in [2.05, 4.69) is 0 Å². The van der Waals surface area contributed by atoms with Crippen molar-refractivity contribution >= 4 is 17.7 Å². The van der Waals surface area contributed by atoms with Crippen molar-refractivity contribution in [2.24, 2.45) is 0 Å². The Bertz CT molecular complexity index is 430. The smallest absolute Gasteiger partial charge is 0.246 e. The number of amides is 1. The molecule has 4 heteroatoms. The molecule has 1 rings (SSSR count). The summed E-state index contributed by atoms with van der Waals surface area (Å²) in [5.74, 6) is -0.144. The first-order valence-electron chi connectivity index (χ1n) is 5.79. The predicted molar refractivity (Wildman–Crippen MR) is 73.8 cm³/mol. The van der Waals surface area contributed by atoms with Gasteiger partial charge < -0.3 is 15.7 Å². The maximum Gasteiger partial charge on any atom is 0.246 e. The molecule has 0 fully saturated rings. The SMILES string of the molecule is CN(CC(C)(C)O)C(=O)/C=C/c1ccc(N)cc1. The van der Waals surface area contributed by atoms with Gasteiger partial charge in [-0.15, -0.1) is 0 Å². The summed E-state index contributed by atoms with van der Waals surface area (Å²) in [6, 6.07) is 7.25. The lowest BCUT2D eigenvalue weighted by Crippen LogP contribution is -2.38. The molecule has 0 aliphatic carbocycles. The lowest BCUT2D eigenvalue weighted by molar-refractivity contribution is -0.127.